The van der Waals surface area contributed by atoms with Crippen molar-refractivity contribution in [2.24, 2.45) is 0 Å². The van der Waals surface area contributed by atoms with Gasteiger partial charge in [0, 0.05) is 32.0 Å². The molecule has 0 saturated heterocycles. The lowest BCUT2D eigenvalue weighted by atomic mass is 10.1. The molecule has 1 amide bonds. The standard InChI is InChI=1S/C21H16ClN3O3S2/c1-13-16(5-4-7-18(13)25(27)28)20(26)24-21(29)23-17-6-2-3-8-19(17)30-15-11-9-14(22)10-12-15/h2-12H,1H3,(H2,23,24,26,29). The second-order valence-corrected chi connectivity index (χ2v) is 8.13. The van der Waals surface area contributed by atoms with E-state index in [1.807, 2.05) is 48.5 Å². The normalized spacial score (nSPS) is 10.3. The molecule has 0 aliphatic heterocycles. The van der Waals surface area contributed by atoms with Crippen LogP contribution in [0.1, 0.15) is 15.9 Å². The first kappa shape index (κ1) is 21.8. The van der Waals surface area contributed by atoms with Gasteiger partial charge in [-0.1, -0.05) is 41.6 Å². The highest BCUT2D eigenvalue weighted by Gasteiger charge is 2.18. The summed E-state index contributed by atoms with van der Waals surface area (Å²) in [6.45, 7) is 1.53. The summed E-state index contributed by atoms with van der Waals surface area (Å²) in [5, 5.41) is 17.4. The Balaban J connectivity index is 1.73. The van der Waals surface area contributed by atoms with E-state index in [0.717, 1.165) is 15.5 Å². The molecule has 6 nitrogen and oxygen atoms in total. The third kappa shape index (κ3) is 5.35. The molecule has 3 aromatic carbocycles. The molecule has 0 unspecified atom stereocenters. The first-order valence-corrected chi connectivity index (χ1v) is 10.3. The molecule has 9 heteroatoms. The van der Waals surface area contributed by atoms with Crippen LogP contribution in [0.2, 0.25) is 5.02 Å². The van der Waals surface area contributed by atoms with Crippen molar-refractivity contribution in [2.45, 2.75) is 16.7 Å². The van der Waals surface area contributed by atoms with Crippen molar-refractivity contribution in [1.82, 2.24) is 5.32 Å². The number of anilines is 1. The third-order valence-electron chi connectivity index (χ3n) is 4.15. The van der Waals surface area contributed by atoms with Crippen LogP contribution < -0.4 is 10.6 Å². The van der Waals surface area contributed by atoms with Crippen LogP contribution in [-0.4, -0.2) is 15.9 Å². The van der Waals surface area contributed by atoms with E-state index in [0.29, 0.717) is 5.02 Å². The SMILES string of the molecule is Cc1c(C(=O)NC(=S)Nc2ccccc2Sc2ccc(Cl)cc2)cccc1[N+](=O)[O-]. The predicted molar refractivity (Wildman–Crippen MR) is 124 cm³/mol. The highest BCUT2D eigenvalue weighted by Crippen LogP contribution is 2.33. The van der Waals surface area contributed by atoms with Gasteiger partial charge in [-0.3, -0.25) is 20.2 Å². The Morgan fingerprint density at radius 3 is 2.47 bits per heavy atom. The molecule has 3 rings (SSSR count). The van der Waals surface area contributed by atoms with Crippen LogP contribution >= 0.6 is 35.6 Å². The number of hydrogen-bond donors (Lipinski definition) is 2. The smallest absolute Gasteiger partial charge is 0.273 e. The number of rotatable bonds is 5. The number of nitro benzene ring substituents is 1. The van der Waals surface area contributed by atoms with Crippen LogP contribution in [0.4, 0.5) is 11.4 Å². The molecule has 0 aromatic heterocycles. The monoisotopic (exact) mass is 457 g/mol. The Morgan fingerprint density at radius 2 is 1.77 bits per heavy atom. The summed E-state index contributed by atoms with van der Waals surface area (Å²) in [5.41, 5.74) is 1.07. The molecule has 0 spiro atoms. The van der Waals surface area contributed by atoms with E-state index in [4.69, 9.17) is 23.8 Å². The van der Waals surface area contributed by atoms with Gasteiger partial charge in [-0.05, 0) is 61.6 Å². The maximum atomic E-state index is 12.6. The molecule has 0 fully saturated rings. The Bertz CT molecular complexity index is 1120. The summed E-state index contributed by atoms with van der Waals surface area (Å²) in [5.74, 6) is -0.517. The molecule has 0 aliphatic carbocycles. The molecule has 3 aromatic rings. The maximum absolute atomic E-state index is 12.6. The number of hydrogen-bond acceptors (Lipinski definition) is 5. The van der Waals surface area contributed by atoms with E-state index in [2.05, 4.69) is 10.6 Å². The highest BCUT2D eigenvalue weighted by atomic mass is 35.5. The van der Waals surface area contributed by atoms with E-state index in [-0.39, 0.29) is 21.9 Å². The van der Waals surface area contributed by atoms with E-state index in [9.17, 15) is 14.9 Å². The van der Waals surface area contributed by atoms with Crippen molar-refractivity contribution in [3.05, 3.63) is 93.0 Å². The van der Waals surface area contributed by atoms with E-state index < -0.39 is 10.8 Å². The summed E-state index contributed by atoms with van der Waals surface area (Å²) >= 11 is 12.7. The molecule has 0 aliphatic rings. The van der Waals surface area contributed by atoms with Gasteiger partial charge in [0.05, 0.1) is 10.6 Å². The Hall–Kier alpha value is -2.94. The van der Waals surface area contributed by atoms with E-state index >= 15 is 0 Å². The van der Waals surface area contributed by atoms with Gasteiger partial charge < -0.3 is 5.32 Å². The van der Waals surface area contributed by atoms with Gasteiger partial charge in [0.25, 0.3) is 11.6 Å². The lowest BCUT2D eigenvalue weighted by Crippen LogP contribution is -2.34. The highest BCUT2D eigenvalue weighted by molar-refractivity contribution is 7.99. The van der Waals surface area contributed by atoms with Crippen molar-refractivity contribution in [2.75, 3.05) is 5.32 Å². The van der Waals surface area contributed by atoms with Crippen LogP contribution in [0.15, 0.2) is 76.5 Å². The number of nitrogens with zero attached hydrogens (tertiary/aromatic N) is 1. The first-order valence-electron chi connectivity index (χ1n) is 8.74. The van der Waals surface area contributed by atoms with E-state index in [1.54, 1.807) is 0 Å². The van der Waals surface area contributed by atoms with Crippen molar-refractivity contribution >= 4 is 58.0 Å². The molecular formula is C21H16ClN3O3S2. The summed E-state index contributed by atoms with van der Waals surface area (Å²) in [6.07, 6.45) is 0. The fourth-order valence-corrected chi connectivity index (χ4v) is 3.91. The van der Waals surface area contributed by atoms with Crippen LogP contribution in [0.25, 0.3) is 0 Å². The molecule has 30 heavy (non-hydrogen) atoms. The van der Waals surface area contributed by atoms with Crippen LogP contribution in [0.3, 0.4) is 0 Å². The number of amides is 1. The third-order valence-corrected chi connectivity index (χ3v) is 5.69. The zero-order chi connectivity index (χ0) is 21.7. The number of halogens is 1. The average molecular weight is 458 g/mol. The Kier molecular flexibility index (Phi) is 7.04. The number of para-hydroxylation sites is 1. The minimum atomic E-state index is -0.521. The maximum Gasteiger partial charge on any atom is 0.273 e. The summed E-state index contributed by atoms with van der Waals surface area (Å²) in [4.78, 5) is 25.0. The van der Waals surface area contributed by atoms with Crippen LogP contribution in [0, 0.1) is 17.0 Å². The van der Waals surface area contributed by atoms with E-state index in [1.165, 1.54) is 36.9 Å². The number of nitrogens with one attached hydrogen (secondary N) is 2. The van der Waals surface area contributed by atoms with Gasteiger partial charge in [0.15, 0.2) is 5.11 Å². The number of carbonyl (C=O) groups is 1. The largest absolute Gasteiger partial charge is 0.331 e. The van der Waals surface area contributed by atoms with Gasteiger partial charge >= 0.3 is 0 Å². The molecule has 0 heterocycles. The molecule has 0 saturated carbocycles. The van der Waals surface area contributed by atoms with Crippen molar-refractivity contribution in [3.63, 3.8) is 0 Å². The lowest BCUT2D eigenvalue weighted by molar-refractivity contribution is -0.385. The van der Waals surface area contributed by atoms with Crippen molar-refractivity contribution in [3.8, 4) is 0 Å². The van der Waals surface area contributed by atoms with Gasteiger partial charge in [-0.15, -0.1) is 0 Å². The molecule has 152 valence electrons. The summed E-state index contributed by atoms with van der Waals surface area (Å²) in [6, 6.07) is 19.3. The molecule has 0 bridgehead atoms. The van der Waals surface area contributed by atoms with Gasteiger partial charge in [0.2, 0.25) is 0 Å². The zero-order valence-corrected chi connectivity index (χ0v) is 18.1. The topological polar surface area (TPSA) is 84.3 Å². The van der Waals surface area contributed by atoms with Crippen molar-refractivity contribution < 1.29 is 9.72 Å². The van der Waals surface area contributed by atoms with Crippen molar-refractivity contribution in [1.29, 1.82) is 0 Å². The second kappa shape index (κ2) is 9.71. The number of thiocarbonyl (C=S) groups is 1. The number of benzene rings is 3. The molecular weight excluding hydrogens is 442 g/mol. The number of nitro groups is 1. The van der Waals surface area contributed by atoms with Gasteiger partial charge in [-0.25, -0.2) is 0 Å². The minimum absolute atomic E-state index is 0.0927. The summed E-state index contributed by atoms with van der Waals surface area (Å²) in [7, 11) is 0. The fraction of sp³-hybridized carbons (Fsp3) is 0.0476. The van der Waals surface area contributed by atoms with Crippen LogP contribution in [-0.2, 0) is 0 Å². The zero-order valence-electron chi connectivity index (χ0n) is 15.7. The average Bonchev–Trinajstić information content (AvgIpc) is 2.71. The number of carbonyl (C=O) groups excluding carboxylic acids is 1. The Labute approximate surface area is 187 Å². The van der Waals surface area contributed by atoms with Gasteiger partial charge in [0.1, 0.15) is 0 Å². The first-order chi connectivity index (χ1) is 14.3. The lowest BCUT2D eigenvalue weighted by Gasteiger charge is -2.14. The van der Waals surface area contributed by atoms with Crippen LogP contribution in [0.5, 0.6) is 0 Å². The predicted octanol–water partition coefficient (Wildman–Crippen LogP) is 5.83. The minimum Gasteiger partial charge on any atom is -0.331 e. The molecule has 0 atom stereocenters. The molecule has 2 N–H and O–H groups in total. The second-order valence-electron chi connectivity index (χ2n) is 6.17. The quantitative estimate of drug-likeness (QED) is 0.284. The van der Waals surface area contributed by atoms with Gasteiger partial charge in [-0.2, -0.15) is 0 Å². The fourth-order valence-electron chi connectivity index (χ4n) is 2.68. The Morgan fingerprint density at radius 1 is 1.07 bits per heavy atom. The summed E-state index contributed by atoms with van der Waals surface area (Å²) < 4.78 is 0. The molecule has 0 radical (unpaired) electrons.